The van der Waals surface area contributed by atoms with E-state index in [0.29, 0.717) is 42.8 Å². The van der Waals surface area contributed by atoms with E-state index < -0.39 is 46.4 Å². The summed E-state index contributed by atoms with van der Waals surface area (Å²) in [5.74, 6) is -1.80. The Kier molecular flexibility index (Phi) is 8.98. The number of alkyl halides is 1. The maximum absolute atomic E-state index is 15.7. The average molecular weight is 626 g/mol. The van der Waals surface area contributed by atoms with Crippen molar-refractivity contribution in [2.45, 2.75) is 77.2 Å². The maximum Gasteiger partial charge on any atom is 0.312 e. The first kappa shape index (κ1) is 32.8. The Morgan fingerprint density at radius 1 is 1.13 bits per heavy atom. The van der Waals surface area contributed by atoms with Crippen LogP contribution in [0.25, 0.3) is 0 Å². The van der Waals surface area contributed by atoms with Crippen molar-refractivity contribution in [3.63, 3.8) is 0 Å². The van der Waals surface area contributed by atoms with Crippen LogP contribution in [0.1, 0.15) is 59.3 Å². The van der Waals surface area contributed by atoms with Gasteiger partial charge < -0.3 is 31.3 Å². The molecule has 1 aromatic rings. The number of aliphatic hydroxyl groups is 2. The summed E-state index contributed by atoms with van der Waals surface area (Å²) in [6, 6.07) is 5.96. The summed E-state index contributed by atoms with van der Waals surface area (Å²) < 4.78 is 21.5. The summed E-state index contributed by atoms with van der Waals surface area (Å²) in [6.07, 6.45) is 4.58. The molecule has 0 spiro atoms. The number of fused-ring (bicyclic) bond motifs is 5. The van der Waals surface area contributed by atoms with Gasteiger partial charge in [0.1, 0.15) is 24.1 Å². The number of ether oxygens (including phenoxy) is 1. The van der Waals surface area contributed by atoms with Crippen LogP contribution in [0.4, 0.5) is 14.9 Å². The number of carbonyl (C=O) groups is 4. The fourth-order valence-electron chi connectivity index (χ4n) is 9.00. The number of anilines is 1. The number of Topliss-reactive ketones (excluding diaryl/α,β-unsaturated/α-hetero) is 1. The lowest BCUT2D eigenvalue weighted by Gasteiger charge is -2.60. The number of ketones is 2. The third-order valence-corrected chi connectivity index (χ3v) is 11.1. The number of aliphatic hydroxyl groups excluding tert-OH is 1. The topological polar surface area (TPSA) is 168 Å². The monoisotopic (exact) mass is 625 g/mol. The van der Waals surface area contributed by atoms with Gasteiger partial charge in [-0.25, -0.2) is 9.18 Å². The minimum Gasteiger partial charge on any atom is -0.486 e. The van der Waals surface area contributed by atoms with Gasteiger partial charge in [0.2, 0.25) is 11.7 Å². The number of unbranched alkanes of at least 4 members (excludes halogenated alkanes) is 1. The quantitative estimate of drug-likeness (QED) is 0.248. The Morgan fingerprint density at radius 2 is 1.84 bits per heavy atom. The summed E-state index contributed by atoms with van der Waals surface area (Å²) >= 11 is 0. The molecule has 5 rings (SSSR count). The molecule has 1 aromatic carbocycles. The second-order valence-electron chi connectivity index (χ2n) is 13.7. The van der Waals surface area contributed by atoms with Crippen LogP contribution in [0, 0.1) is 34.5 Å². The van der Waals surface area contributed by atoms with Gasteiger partial charge in [-0.1, -0.05) is 26.8 Å². The molecule has 9 atom stereocenters. The lowest BCUT2D eigenvalue weighted by atomic mass is 9.46. The number of amides is 3. The number of urea groups is 1. The van der Waals surface area contributed by atoms with Crippen molar-refractivity contribution in [1.82, 2.24) is 5.32 Å². The van der Waals surface area contributed by atoms with Crippen LogP contribution in [0.5, 0.6) is 5.75 Å². The van der Waals surface area contributed by atoms with E-state index >= 15 is 4.39 Å². The van der Waals surface area contributed by atoms with E-state index in [1.165, 1.54) is 12.2 Å². The minimum absolute atomic E-state index is 0.132. The van der Waals surface area contributed by atoms with E-state index in [1.807, 2.05) is 20.8 Å². The van der Waals surface area contributed by atoms with E-state index in [4.69, 9.17) is 10.5 Å². The summed E-state index contributed by atoms with van der Waals surface area (Å²) in [5, 5.41) is 29.0. The molecular formula is C34H44FN3O7. The zero-order valence-corrected chi connectivity index (χ0v) is 26.1. The SMILES string of the molecule is C[C@@H]1C[C@H]2[C@@H]3CC(F)C4=CC(=O)C=C[C@]4(C)C3[C@@H](O)C[C@]2(C)[C@@]1(O)C(=O)COc1ccc(NC(=O)CCCCNC(N)=O)cc1. The maximum atomic E-state index is 15.7. The van der Waals surface area contributed by atoms with Crippen molar-refractivity contribution in [2.75, 3.05) is 18.5 Å². The first-order valence-electron chi connectivity index (χ1n) is 15.8. The van der Waals surface area contributed by atoms with Crippen molar-refractivity contribution in [3.8, 4) is 5.75 Å². The highest BCUT2D eigenvalue weighted by Gasteiger charge is 2.71. The van der Waals surface area contributed by atoms with E-state index in [9.17, 15) is 29.4 Å². The standard InChI is InChI=1S/C34H44FN3O7/c1-19-14-24-23-16-26(35)25-15-21(39)11-12-32(25,2)30(23)27(40)17-33(24,3)34(19,44)28(41)18-45-22-9-7-20(8-10-22)38-29(42)6-4-5-13-37-31(36)43/h7-12,15,19,23-24,26-27,30,40,44H,4-6,13-14,16-18H2,1-3H3,(H,38,42)(H3,36,37,43)/t19-,23+,24+,26?,27+,30?,32+,33+,34+/m1/s1. The third kappa shape index (κ3) is 5.80. The van der Waals surface area contributed by atoms with Gasteiger partial charge in [-0.3, -0.25) is 14.4 Å². The number of primary amides is 1. The summed E-state index contributed by atoms with van der Waals surface area (Å²) in [4.78, 5) is 48.8. The molecule has 0 bridgehead atoms. The molecule has 11 heteroatoms. The molecule has 3 amide bonds. The second-order valence-corrected chi connectivity index (χ2v) is 13.7. The molecule has 2 unspecified atom stereocenters. The largest absolute Gasteiger partial charge is 0.486 e. The van der Waals surface area contributed by atoms with Crippen LogP contribution in [0.15, 0.2) is 48.1 Å². The fraction of sp³-hybridized carbons (Fsp3) is 0.588. The molecule has 4 aliphatic rings. The normalized spacial score (nSPS) is 36.7. The minimum atomic E-state index is -1.79. The van der Waals surface area contributed by atoms with Crippen molar-refractivity contribution in [1.29, 1.82) is 0 Å². The highest BCUT2D eigenvalue weighted by Crippen LogP contribution is 2.68. The van der Waals surface area contributed by atoms with E-state index in [0.717, 1.165) is 0 Å². The van der Waals surface area contributed by atoms with Gasteiger partial charge in [-0.05, 0) is 91.8 Å². The summed E-state index contributed by atoms with van der Waals surface area (Å²) in [6.45, 7) is 5.56. The number of halogens is 1. The van der Waals surface area contributed by atoms with Crippen molar-refractivity contribution in [2.24, 2.45) is 40.2 Å². The first-order chi connectivity index (χ1) is 21.2. The molecular weight excluding hydrogens is 581 g/mol. The number of rotatable bonds is 10. The van der Waals surface area contributed by atoms with Gasteiger partial charge in [0.15, 0.2) is 5.78 Å². The smallest absolute Gasteiger partial charge is 0.312 e. The number of nitrogens with one attached hydrogen (secondary N) is 2. The van der Waals surface area contributed by atoms with Crippen LogP contribution in [0.3, 0.4) is 0 Å². The van der Waals surface area contributed by atoms with Gasteiger partial charge in [-0.15, -0.1) is 0 Å². The molecule has 6 N–H and O–H groups in total. The second kappa shape index (κ2) is 12.3. The average Bonchev–Trinajstić information content (AvgIpc) is 3.18. The molecule has 45 heavy (non-hydrogen) atoms. The van der Waals surface area contributed by atoms with Crippen LogP contribution in [-0.4, -0.2) is 64.7 Å². The van der Waals surface area contributed by atoms with Gasteiger partial charge >= 0.3 is 6.03 Å². The molecule has 3 saturated carbocycles. The molecule has 10 nitrogen and oxygen atoms in total. The lowest BCUT2D eigenvalue weighted by molar-refractivity contribution is -0.185. The number of hydrogen-bond acceptors (Lipinski definition) is 7. The number of hydrogen-bond donors (Lipinski definition) is 5. The third-order valence-electron chi connectivity index (χ3n) is 11.1. The zero-order chi connectivity index (χ0) is 32.7. The van der Waals surface area contributed by atoms with Crippen LogP contribution >= 0.6 is 0 Å². The van der Waals surface area contributed by atoms with E-state index in [2.05, 4.69) is 10.6 Å². The van der Waals surface area contributed by atoms with E-state index in [1.54, 1.807) is 30.3 Å². The molecule has 0 aliphatic heterocycles. The van der Waals surface area contributed by atoms with Crippen LogP contribution in [-0.2, 0) is 14.4 Å². The van der Waals surface area contributed by atoms with Crippen LogP contribution < -0.4 is 21.1 Å². The summed E-state index contributed by atoms with van der Waals surface area (Å²) in [5.41, 5.74) is 2.38. The predicted molar refractivity (Wildman–Crippen MR) is 165 cm³/mol. The number of benzene rings is 1. The van der Waals surface area contributed by atoms with Gasteiger partial charge in [0.05, 0.1) is 6.10 Å². The molecule has 244 valence electrons. The van der Waals surface area contributed by atoms with Crippen molar-refractivity contribution < 1.29 is 38.5 Å². The Hall–Kier alpha value is -3.57. The van der Waals surface area contributed by atoms with Crippen molar-refractivity contribution >= 4 is 29.2 Å². The highest BCUT2D eigenvalue weighted by atomic mass is 19.1. The first-order valence-corrected chi connectivity index (χ1v) is 15.8. The molecule has 0 aromatic heterocycles. The number of carbonyl (C=O) groups excluding carboxylic acids is 4. The predicted octanol–water partition coefficient (Wildman–Crippen LogP) is 3.62. The van der Waals surface area contributed by atoms with Gasteiger partial charge in [0, 0.05) is 35.4 Å². The number of nitrogens with two attached hydrogens (primary N) is 1. The zero-order valence-electron chi connectivity index (χ0n) is 26.1. The molecule has 0 saturated heterocycles. The fourth-order valence-corrected chi connectivity index (χ4v) is 9.00. The molecule has 3 fully saturated rings. The molecule has 0 heterocycles. The summed E-state index contributed by atoms with van der Waals surface area (Å²) in [7, 11) is 0. The Balaban J connectivity index is 1.23. The number of allylic oxidation sites excluding steroid dienone is 4. The van der Waals surface area contributed by atoms with Crippen LogP contribution in [0.2, 0.25) is 0 Å². The van der Waals surface area contributed by atoms with E-state index in [-0.39, 0.29) is 55.3 Å². The van der Waals surface area contributed by atoms with Gasteiger partial charge in [0.25, 0.3) is 0 Å². The van der Waals surface area contributed by atoms with Crippen molar-refractivity contribution in [3.05, 3.63) is 48.1 Å². The van der Waals surface area contributed by atoms with Gasteiger partial charge in [-0.2, -0.15) is 0 Å². The lowest BCUT2D eigenvalue weighted by Crippen LogP contribution is -2.63. The Bertz CT molecular complexity index is 1410. The Labute approximate surface area is 262 Å². The molecule has 0 radical (unpaired) electrons. The Morgan fingerprint density at radius 3 is 2.53 bits per heavy atom. The highest BCUT2D eigenvalue weighted by molar-refractivity contribution is 6.01. The molecule has 4 aliphatic carbocycles.